The molecule has 140 valence electrons. The summed E-state index contributed by atoms with van der Waals surface area (Å²) in [5.41, 5.74) is 4.55. The highest BCUT2D eigenvalue weighted by atomic mass is 16.5. The second-order valence-corrected chi connectivity index (χ2v) is 6.23. The fourth-order valence-corrected chi connectivity index (χ4v) is 3.19. The smallest absolute Gasteiger partial charge is 0.161 e. The summed E-state index contributed by atoms with van der Waals surface area (Å²) >= 11 is 0. The van der Waals surface area contributed by atoms with Crippen molar-refractivity contribution in [2.24, 2.45) is 0 Å². The summed E-state index contributed by atoms with van der Waals surface area (Å²) in [5.74, 6) is 2.09. The van der Waals surface area contributed by atoms with Crippen LogP contribution in [0.25, 0.3) is 11.1 Å². The van der Waals surface area contributed by atoms with Crippen LogP contribution in [0, 0.1) is 0 Å². The van der Waals surface area contributed by atoms with Crippen molar-refractivity contribution in [2.45, 2.75) is 12.8 Å². The summed E-state index contributed by atoms with van der Waals surface area (Å²) in [7, 11) is 4.83. The molecular weight excluding hydrogens is 340 g/mol. The zero-order chi connectivity index (χ0) is 19.2. The van der Waals surface area contributed by atoms with Gasteiger partial charge in [0, 0.05) is 0 Å². The van der Waals surface area contributed by atoms with Crippen molar-refractivity contribution in [3.05, 3.63) is 71.8 Å². The third-order valence-corrected chi connectivity index (χ3v) is 4.64. The molecule has 0 saturated heterocycles. The molecule has 1 N–H and O–H groups in total. The highest BCUT2D eigenvalue weighted by Gasteiger charge is 2.10. The van der Waals surface area contributed by atoms with Gasteiger partial charge in [0.25, 0.3) is 0 Å². The first-order valence-electron chi connectivity index (χ1n) is 8.82. The van der Waals surface area contributed by atoms with Gasteiger partial charge in [-0.25, -0.2) is 0 Å². The zero-order valence-corrected chi connectivity index (χ0v) is 15.9. The summed E-state index contributed by atoms with van der Waals surface area (Å²) in [6, 6.07) is 19.8. The molecule has 0 spiro atoms. The standard InChI is InChI=1S/C23H24O4/c1-25-21-12-9-16(14-20(21)24)8-10-17-6-4-5-7-19(17)18-11-13-22(26-2)23(15-18)27-3/h4-7,9,11-15,24H,8,10H2,1-3H3. The van der Waals surface area contributed by atoms with E-state index in [9.17, 15) is 5.11 Å². The van der Waals surface area contributed by atoms with Crippen LogP contribution < -0.4 is 14.2 Å². The van der Waals surface area contributed by atoms with Crippen LogP contribution in [0.4, 0.5) is 0 Å². The molecular formula is C23H24O4. The van der Waals surface area contributed by atoms with Crippen molar-refractivity contribution in [3.63, 3.8) is 0 Å². The molecule has 0 aromatic heterocycles. The Bertz CT molecular complexity index is 918. The van der Waals surface area contributed by atoms with Gasteiger partial charge in [0.15, 0.2) is 23.0 Å². The molecule has 0 unspecified atom stereocenters. The van der Waals surface area contributed by atoms with E-state index in [1.807, 2.05) is 36.4 Å². The lowest BCUT2D eigenvalue weighted by atomic mass is 9.95. The number of rotatable bonds is 7. The first-order chi connectivity index (χ1) is 13.2. The maximum Gasteiger partial charge on any atom is 0.161 e. The highest BCUT2D eigenvalue weighted by Crippen LogP contribution is 2.34. The topological polar surface area (TPSA) is 47.9 Å². The molecule has 0 radical (unpaired) electrons. The van der Waals surface area contributed by atoms with Crippen LogP contribution in [0.3, 0.4) is 0 Å². The Kier molecular flexibility index (Phi) is 5.87. The summed E-state index contributed by atoms with van der Waals surface area (Å²) in [6.45, 7) is 0. The third kappa shape index (κ3) is 4.17. The van der Waals surface area contributed by atoms with Gasteiger partial charge in [-0.1, -0.05) is 36.4 Å². The Balaban J connectivity index is 1.85. The molecule has 3 rings (SSSR count). The average molecular weight is 364 g/mol. The molecule has 0 heterocycles. The summed E-state index contributed by atoms with van der Waals surface area (Å²) in [6.07, 6.45) is 1.68. The van der Waals surface area contributed by atoms with Gasteiger partial charge < -0.3 is 19.3 Å². The summed E-state index contributed by atoms with van der Waals surface area (Å²) in [4.78, 5) is 0. The first-order valence-corrected chi connectivity index (χ1v) is 8.82. The molecule has 3 aromatic carbocycles. The molecule has 0 bridgehead atoms. The molecule has 0 aliphatic heterocycles. The SMILES string of the molecule is COc1ccc(CCc2ccccc2-c2ccc(OC)c(OC)c2)cc1O. The Labute approximate surface area is 160 Å². The summed E-state index contributed by atoms with van der Waals surface area (Å²) < 4.78 is 15.9. The first kappa shape index (κ1) is 18.6. The molecule has 4 heteroatoms. The van der Waals surface area contributed by atoms with E-state index in [4.69, 9.17) is 14.2 Å². The van der Waals surface area contributed by atoms with Gasteiger partial charge in [0.2, 0.25) is 0 Å². The van der Waals surface area contributed by atoms with E-state index in [1.54, 1.807) is 33.5 Å². The van der Waals surface area contributed by atoms with E-state index in [0.717, 1.165) is 29.5 Å². The minimum Gasteiger partial charge on any atom is -0.504 e. The largest absolute Gasteiger partial charge is 0.504 e. The minimum absolute atomic E-state index is 0.170. The Hall–Kier alpha value is -3.14. The molecule has 0 saturated carbocycles. The fourth-order valence-electron chi connectivity index (χ4n) is 3.19. The molecule has 0 aliphatic rings. The number of hydrogen-bond donors (Lipinski definition) is 1. The summed E-state index contributed by atoms with van der Waals surface area (Å²) in [5, 5.41) is 9.98. The number of phenols is 1. The van der Waals surface area contributed by atoms with E-state index in [-0.39, 0.29) is 5.75 Å². The van der Waals surface area contributed by atoms with Crippen LogP contribution in [0.5, 0.6) is 23.0 Å². The van der Waals surface area contributed by atoms with E-state index < -0.39 is 0 Å². The Morgan fingerprint density at radius 3 is 2.11 bits per heavy atom. The fraction of sp³-hybridized carbons (Fsp3) is 0.217. The highest BCUT2D eigenvalue weighted by molar-refractivity contribution is 5.70. The van der Waals surface area contributed by atoms with E-state index in [2.05, 4.69) is 12.1 Å². The van der Waals surface area contributed by atoms with Crippen LogP contribution in [0.15, 0.2) is 60.7 Å². The van der Waals surface area contributed by atoms with Crippen LogP contribution in [0.1, 0.15) is 11.1 Å². The number of methoxy groups -OCH3 is 3. The predicted molar refractivity (Wildman–Crippen MR) is 107 cm³/mol. The van der Waals surface area contributed by atoms with Gasteiger partial charge in [-0.15, -0.1) is 0 Å². The van der Waals surface area contributed by atoms with Gasteiger partial charge in [-0.2, -0.15) is 0 Å². The third-order valence-electron chi connectivity index (χ3n) is 4.64. The average Bonchev–Trinajstić information content (AvgIpc) is 2.72. The number of benzene rings is 3. The lowest BCUT2D eigenvalue weighted by Crippen LogP contribution is -1.96. The van der Waals surface area contributed by atoms with E-state index in [1.165, 1.54) is 5.56 Å². The van der Waals surface area contributed by atoms with E-state index >= 15 is 0 Å². The monoisotopic (exact) mass is 364 g/mol. The number of aryl methyl sites for hydroxylation is 2. The van der Waals surface area contributed by atoms with E-state index in [0.29, 0.717) is 17.2 Å². The van der Waals surface area contributed by atoms with Crippen molar-refractivity contribution >= 4 is 0 Å². The van der Waals surface area contributed by atoms with Gasteiger partial charge in [0.05, 0.1) is 21.3 Å². The number of hydrogen-bond acceptors (Lipinski definition) is 4. The van der Waals surface area contributed by atoms with Crippen molar-refractivity contribution in [2.75, 3.05) is 21.3 Å². The van der Waals surface area contributed by atoms with Crippen molar-refractivity contribution < 1.29 is 19.3 Å². The minimum atomic E-state index is 0.170. The quantitative estimate of drug-likeness (QED) is 0.650. The molecule has 0 fully saturated rings. The van der Waals surface area contributed by atoms with Crippen LogP contribution >= 0.6 is 0 Å². The van der Waals surface area contributed by atoms with Crippen molar-refractivity contribution in [3.8, 4) is 34.1 Å². The maximum atomic E-state index is 9.98. The number of ether oxygens (including phenoxy) is 3. The molecule has 0 aliphatic carbocycles. The second-order valence-electron chi connectivity index (χ2n) is 6.23. The molecule has 0 atom stereocenters. The zero-order valence-electron chi connectivity index (χ0n) is 15.9. The lowest BCUT2D eigenvalue weighted by Gasteiger charge is -2.13. The molecule has 27 heavy (non-hydrogen) atoms. The van der Waals surface area contributed by atoms with Crippen LogP contribution in [-0.2, 0) is 12.8 Å². The van der Waals surface area contributed by atoms with Crippen molar-refractivity contribution in [1.82, 2.24) is 0 Å². The van der Waals surface area contributed by atoms with Gasteiger partial charge in [-0.05, 0) is 59.4 Å². The van der Waals surface area contributed by atoms with Crippen LogP contribution in [-0.4, -0.2) is 26.4 Å². The van der Waals surface area contributed by atoms with Gasteiger partial charge in [0.1, 0.15) is 0 Å². The lowest BCUT2D eigenvalue weighted by molar-refractivity contribution is 0.355. The predicted octanol–water partition coefficient (Wildman–Crippen LogP) is 4.87. The maximum absolute atomic E-state index is 9.98. The molecule has 3 aromatic rings. The number of phenolic OH excluding ortho intramolecular Hbond substituents is 1. The van der Waals surface area contributed by atoms with Gasteiger partial charge >= 0.3 is 0 Å². The molecule has 4 nitrogen and oxygen atoms in total. The normalized spacial score (nSPS) is 10.5. The van der Waals surface area contributed by atoms with Gasteiger partial charge in [-0.3, -0.25) is 0 Å². The molecule has 0 amide bonds. The number of aromatic hydroxyl groups is 1. The Morgan fingerprint density at radius 1 is 0.704 bits per heavy atom. The Morgan fingerprint density at radius 2 is 1.41 bits per heavy atom. The van der Waals surface area contributed by atoms with Crippen LogP contribution in [0.2, 0.25) is 0 Å². The second kappa shape index (κ2) is 8.49. The van der Waals surface area contributed by atoms with Crippen molar-refractivity contribution in [1.29, 1.82) is 0 Å².